The molecule has 5 nitrogen and oxygen atoms in total. The van der Waals surface area contributed by atoms with Crippen LogP contribution in [0.4, 0.5) is 11.8 Å². The highest BCUT2D eigenvalue weighted by Gasteiger charge is 2.22. The van der Waals surface area contributed by atoms with E-state index in [9.17, 15) is 0 Å². The summed E-state index contributed by atoms with van der Waals surface area (Å²) in [6.45, 7) is 1.97. The molecule has 0 spiro atoms. The summed E-state index contributed by atoms with van der Waals surface area (Å²) in [6, 6.07) is 28.5. The first-order valence-electron chi connectivity index (χ1n) is 13.5. The van der Waals surface area contributed by atoms with Crippen molar-refractivity contribution in [1.29, 1.82) is 0 Å². The second-order valence-corrected chi connectivity index (χ2v) is 10.6. The van der Waals surface area contributed by atoms with E-state index in [4.69, 9.17) is 9.97 Å². The first-order chi connectivity index (χ1) is 18.2. The van der Waals surface area contributed by atoms with Crippen molar-refractivity contribution in [2.24, 2.45) is 5.92 Å². The minimum Gasteiger partial charge on any atom is -0.362 e. The van der Waals surface area contributed by atoms with Crippen LogP contribution in [0.2, 0.25) is 0 Å². The van der Waals surface area contributed by atoms with Gasteiger partial charge in [0, 0.05) is 32.1 Å². The third kappa shape index (κ3) is 4.96. The predicted molar refractivity (Wildman–Crippen MR) is 156 cm³/mol. The van der Waals surface area contributed by atoms with E-state index in [1.165, 1.54) is 39.9 Å². The molecule has 5 heteroatoms. The predicted octanol–water partition coefficient (Wildman–Crippen LogP) is 6.76. The van der Waals surface area contributed by atoms with Gasteiger partial charge in [0.25, 0.3) is 0 Å². The summed E-state index contributed by atoms with van der Waals surface area (Å²) in [5, 5.41) is 13.9. The van der Waals surface area contributed by atoms with Gasteiger partial charge in [0.2, 0.25) is 5.95 Å². The first-order valence-corrected chi connectivity index (χ1v) is 13.5. The van der Waals surface area contributed by atoms with Gasteiger partial charge in [0.15, 0.2) is 0 Å². The van der Waals surface area contributed by atoms with E-state index < -0.39 is 0 Å². The van der Waals surface area contributed by atoms with Gasteiger partial charge in [-0.2, -0.15) is 4.98 Å². The molecule has 1 aromatic heterocycles. The Morgan fingerprint density at radius 3 is 2.22 bits per heavy atom. The Balaban J connectivity index is 1.07. The molecule has 0 bridgehead atoms. The fraction of sp³-hybridized carbons (Fsp3) is 0.312. The Labute approximate surface area is 218 Å². The zero-order chi connectivity index (χ0) is 25.2. The Hall–Kier alpha value is -3.70. The Morgan fingerprint density at radius 2 is 1.43 bits per heavy atom. The number of hydrogen-bond acceptors (Lipinski definition) is 5. The largest absolute Gasteiger partial charge is 0.362 e. The zero-order valence-electron chi connectivity index (χ0n) is 21.7. The Morgan fingerprint density at radius 1 is 0.757 bits per heavy atom. The second kappa shape index (κ2) is 10.3. The lowest BCUT2D eigenvalue weighted by Crippen LogP contribution is -2.31. The minimum absolute atomic E-state index is 0.428. The van der Waals surface area contributed by atoms with Gasteiger partial charge in [0.1, 0.15) is 5.82 Å². The van der Waals surface area contributed by atoms with Gasteiger partial charge < -0.3 is 15.5 Å². The molecule has 0 unspecified atom stereocenters. The van der Waals surface area contributed by atoms with Crippen molar-refractivity contribution >= 4 is 44.2 Å². The molecule has 0 radical (unpaired) electrons. The lowest BCUT2D eigenvalue weighted by molar-refractivity contribution is 0.324. The molecule has 6 rings (SSSR count). The summed E-state index contributed by atoms with van der Waals surface area (Å²) in [4.78, 5) is 11.7. The van der Waals surface area contributed by atoms with Crippen LogP contribution in [0.1, 0.15) is 31.2 Å². The third-order valence-electron chi connectivity index (χ3n) is 7.79. The molecule has 188 valence electrons. The lowest BCUT2D eigenvalue weighted by atomic mass is 9.86. The number of nitrogens with one attached hydrogen (secondary N) is 2. The molecule has 4 aromatic carbocycles. The summed E-state index contributed by atoms with van der Waals surface area (Å²) in [5.41, 5.74) is 2.37. The average molecular weight is 490 g/mol. The molecule has 1 heterocycles. The van der Waals surface area contributed by atoms with Crippen LogP contribution in [-0.2, 0) is 6.54 Å². The van der Waals surface area contributed by atoms with Gasteiger partial charge in [-0.1, -0.05) is 60.7 Å². The number of benzene rings is 4. The summed E-state index contributed by atoms with van der Waals surface area (Å²) >= 11 is 0. The second-order valence-electron chi connectivity index (χ2n) is 10.6. The van der Waals surface area contributed by atoms with Crippen molar-refractivity contribution in [3.8, 4) is 0 Å². The minimum atomic E-state index is 0.428. The fourth-order valence-electron chi connectivity index (χ4n) is 5.85. The number of aromatic nitrogens is 2. The Kier molecular flexibility index (Phi) is 6.62. The van der Waals surface area contributed by atoms with E-state index in [1.807, 2.05) is 26.2 Å². The smallest absolute Gasteiger partial charge is 0.225 e. The normalized spacial score (nSPS) is 17.9. The maximum Gasteiger partial charge on any atom is 0.225 e. The zero-order valence-corrected chi connectivity index (χ0v) is 21.7. The molecule has 2 N–H and O–H groups in total. The maximum atomic E-state index is 4.83. The van der Waals surface area contributed by atoms with Gasteiger partial charge in [-0.3, -0.25) is 0 Å². The van der Waals surface area contributed by atoms with Crippen molar-refractivity contribution in [1.82, 2.24) is 15.3 Å². The van der Waals surface area contributed by atoms with Crippen molar-refractivity contribution in [3.05, 3.63) is 84.4 Å². The standard InChI is InChI=1S/C32H35N5/c1-37(2)31-29-13-7-8-14-30(29)35-32(36-31)34-25-17-15-22(16-18-25)20-33-21-24-19-23-9-3-4-10-26(23)28-12-6-5-11-27(24)28/h3-14,19,22,25,33H,15-18,20-21H2,1-2H3,(H,34,35,36)/t22-,25+. The summed E-state index contributed by atoms with van der Waals surface area (Å²) < 4.78 is 0. The molecule has 1 saturated carbocycles. The number of hydrogen-bond donors (Lipinski definition) is 2. The number of rotatable bonds is 7. The van der Waals surface area contributed by atoms with Crippen LogP contribution in [-0.4, -0.2) is 36.6 Å². The number of nitrogens with zero attached hydrogens (tertiary/aromatic N) is 3. The van der Waals surface area contributed by atoms with Crippen molar-refractivity contribution < 1.29 is 0 Å². The molecule has 0 saturated heterocycles. The molecule has 0 amide bonds. The average Bonchev–Trinajstić information content (AvgIpc) is 2.93. The molecule has 37 heavy (non-hydrogen) atoms. The van der Waals surface area contributed by atoms with Crippen LogP contribution in [0, 0.1) is 5.92 Å². The molecule has 0 aliphatic heterocycles. The summed E-state index contributed by atoms with van der Waals surface area (Å²) in [6.07, 6.45) is 4.74. The van der Waals surface area contributed by atoms with Gasteiger partial charge in [-0.05, 0) is 83.5 Å². The van der Waals surface area contributed by atoms with E-state index in [0.29, 0.717) is 12.0 Å². The molecule has 1 aliphatic rings. The van der Waals surface area contributed by atoms with Crippen LogP contribution < -0.4 is 15.5 Å². The molecule has 1 aliphatic carbocycles. The van der Waals surface area contributed by atoms with E-state index in [0.717, 1.165) is 48.6 Å². The van der Waals surface area contributed by atoms with Gasteiger partial charge >= 0.3 is 0 Å². The lowest BCUT2D eigenvalue weighted by Gasteiger charge is -2.29. The summed E-state index contributed by atoms with van der Waals surface area (Å²) in [5.74, 6) is 2.42. The topological polar surface area (TPSA) is 53.1 Å². The summed E-state index contributed by atoms with van der Waals surface area (Å²) in [7, 11) is 4.08. The van der Waals surface area contributed by atoms with E-state index >= 15 is 0 Å². The molecule has 1 fully saturated rings. The van der Waals surface area contributed by atoms with Crippen molar-refractivity contribution in [2.75, 3.05) is 30.9 Å². The van der Waals surface area contributed by atoms with Gasteiger partial charge in [-0.25, -0.2) is 4.98 Å². The maximum absolute atomic E-state index is 4.83. The number of para-hydroxylation sites is 1. The fourth-order valence-corrected chi connectivity index (χ4v) is 5.85. The first kappa shape index (κ1) is 23.7. The molecular formula is C32H35N5. The third-order valence-corrected chi connectivity index (χ3v) is 7.79. The highest BCUT2D eigenvalue weighted by Crippen LogP contribution is 2.30. The van der Waals surface area contributed by atoms with Crippen LogP contribution in [0.15, 0.2) is 78.9 Å². The quantitative estimate of drug-likeness (QED) is 0.247. The molecule has 5 aromatic rings. The van der Waals surface area contributed by atoms with Crippen LogP contribution >= 0.6 is 0 Å². The number of anilines is 2. The number of fused-ring (bicyclic) bond motifs is 4. The molecule has 0 atom stereocenters. The molecular weight excluding hydrogens is 454 g/mol. The van der Waals surface area contributed by atoms with Crippen LogP contribution in [0.3, 0.4) is 0 Å². The van der Waals surface area contributed by atoms with E-state index in [1.54, 1.807) is 0 Å². The van der Waals surface area contributed by atoms with E-state index in [-0.39, 0.29) is 0 Å². The highest BCUT2D eigenvalue weighted by molar-refractivity contribution is 6.08. The monoisotopic (exact) mass is 489 g/mol. The van der Waals surface area contributed by atoms with Crippen LogP contribution in [0.5, 0.6) is 0 Å². The van der Waals surface area contributed by atoms with Gasteiger partial charge in [0.05, 0.1) is 5.52 Å². The van der Waals surface area contributed by atoms with Crippen molar-refractivity contribution in [3.63, 3.8) is 0 Å². The highest BCUT2D eigenvalue weighted by atomic mass is 15.2. The Bertz CT molecular complexity index is 1540. The van der Waals surface area contributed by atoms with Gasteiger partial charge in [-0.15, -0.1) is 0 Å². The van der Waals surface area contributed by atoms with E-state index in [2.05, 4.69) is 82.3 Å². The van der Waals surface area contributed by atoms with Crippen molar-refractivity contribution in [2.45, 2.75) is 38.3 Å². The SMILES string of the molecule is CN(C)c1nc(N[C@H]2CC[C@@H](CNCc3cc4ccccc4c4ccccc34)CC2)nc2ccccc12. The van der Waals surface area contributed by atoms with Crippen LogP contribution in [0.25, 0.3) is 32.4 Å².